The van der Waals surface area contributed by atoms with Gasteiger partial charge in [-0.3, -0.25) is 9.97 Å². The molecule has 2 aromatic heterocycles. The molecule has 0 unspecified atom stereocenters. The van der Waals surface area contributed by atoms with E-state index in [0.717, 1.165) is 31.3 Å². The Morgan fingerprint density at radius 1 is 0.857 bits per heavy atom. The Bertz CT molecular complexity index is 1280. The molecule has 0 amide bonds. The minimum Gasteiger partial charge on any atom is -0.256 e. The van der Waals surface area contributed by atoms with Crippen molar-refractivity contribution in [2.75, 3.05) is 12.5 Å². The maximum Gasteiger partial charge on any atom is 0.0738 e. The fraction of sp³-hybridized carbons (Fsp3) is 0.100. The molecule has 0 aliphatic rings. The molecule has 2 heterocycles. The Hall–Kier alpha value is -1.73. The fourth-order valence-corrected chi connectivity index (χ4v) is 3.89. The number of nitrogens with zero attached hydrogens (tertiary/aromatic N) is 3. The molecule has 4 nitrogen and oxygen atoms in total. The normalized spacial score (nSPS) is 11.2. The van der Waals surface area contributed by atoms with Crippen LogP contribution in [0.2, 0.25) is 10.0 Å². The molecule has 4 aromatic rings. The number of rotatable bonds is 1. The summed E-state index contributed by atoms with van der Waals surface area (Å²) in [5.41, 5.74) is 2.40. The van der Waals surface area contributed by atoms with Crippen molar-refractivity contribution in [2.45, 2.75) is 0 Å². The summed E-state index contributed by atoms with van der Waals surface area (Å²) in [6.07, 6.45) is 6.56. The molecule has 144 valence electrons. The van der Waals surface area contributed by atoms with Gasteiger partial charge in [0.2, 0.25) is 0 Å². The molecule has 0 spiro atoms. The largest absolute Gasteiger partial charge is 0.256 e. The van der Waals surface area contributed by atoms with Crippen molar-refractivity contribution in [3.8, 4) is 0 Å². The Kier molecular flexibility index (Phi) is 6.55. The summed E-state index contributed by atoms with van der Waals surface area (Å²) in [5, 5.41) is 3.17. The lowest BCUT2D eigenvalue weighted by Crippen LogP contribution is -1.89. The smallest absolute Gasteiger partial charge is 0.0738 e. The highest BCUT2D eigenvalue weighted by molar-refractivity contribution is 9.10. The first-order chi connectivity index (χ1) is 13.2. The highest BCUT2D eigenvalue weighted by Crippen LogP contribution is 2.26. The lowest BCUT2D eigenvalue weighted by Gasteiger charge is -2.01. The SMILES string of the molecule is CS(C)(=O)=Nc1ccc2nccc(Cl)c2c1.Clc1ccnc2ccc(Br)cc12. The van der Waals surface area contributed by atoms with Crippen LogP contribution in [0.1, 0.15) is 0 Å². The molecule has 0 N–H and O–H groups in total. The van der Waals surface area contributed by atoms with Crippen molar-refractivity contribution >= 4 is 76.4 Å². The third-order valence-electron chi connectivity index (χ3n) is 3.65. The Morgan fingerprint density at radius 3 is 1.96 bits per heavy atom. The van der Waals surface area contributed by atoms with Crippen LogP contribution < -0.4 is 0 Å². The van der Waals surface area contributed by atoms with Crippen LogP contribution in [0.3, 0.4) is 0 Å². The van der Waals surface area contributed by atoms with Gasteiger partial charge in [-0.1, -0.05) is 39.1 Å². The van der Waals surface area contributed by atoms with Crippen molar-refractivity contribution in [3.63, 3.8) is 0 Å². The first-order valence-electron chi connectivity index (χ1n) is 8.14. The second kappa shape index (κ2) is 8.74. The number of hydrogen-bond acceptors (Lipinski definition) is 4. The minimum absolute atomic E-state index is 0.626. The van der Waals surface area contributed by atoms with E-state index in [-0.39, 0.29) is 0 Å². The van der Waals surface area contributed by atoms with Crippen molar-refractivity contribution in [3.05, 3.63) is 75.4 Å². The molecule has 8 heteroatoms. The highest BCUT2D eigenvalue weighted by Gasteiger charge is 2.02. The molecule has 0 aliphatic carbocycles. The van der Waals surface area contributed by atoms with E-state index in [1.807, 2.05) is 24.3 Å². The topological polar surface area (TPSA) is 55.2 Å². The van der Waals surface area contributed by atoms with Crippen LogP contribution in [0.25, 0.3) is 21.8 Å². The highest BCUT2D eigenvalue weighted by atomic mass is 79.9. The van der Waals surface area contributed by atoms with Crippen molar-refractivity contribution in [1.29, 1.82) is 0 Å². The van der Waals surface area contributed by atoms with Gasteiger partial charge < -0.3 is 0 Å². The van der Waals surface area contributed by atoms with E-state index in [4.69, 9.17) is 23.2 Å². The number of aromatic nitrogens is 2. The van der Waals surface area contributed by atoms with Gasteiger partial charge in [0.15, 0.2) is 0 Å². The monoisotopic (exact) mass is 495 g/mol. The summed E-state index contributed by atoms with van der Waals surface area (Å²) >= 11 is 15.4. The fourth-order valence-electron chi connectivity index (χ4n) is 2.50. The van der Waals surface area contributed by atoms with E-state index in [2.05, 4.69) is 30.3 Å². The van der Waals surface area contributed by atoms with Crippen LogP contribution in [-0.4, -0.2) is 26.7 Å². The van der Waals surface area contributed by atoms with Gasteiger partial charge in [-0.05, 0) is 48.5 Å². The van der Waals surface area contributed by atoms with Gasteiger partial charge in [0, 0.05) is 49.9 Å². The molecule has 0 saturated heterocycles. The Morgan fingerprint density at radius 2 is 1.39 bits per heavy atom. The van der Waals surface area contributed by atoms with Crippen LogP contribution in [0, 0.1) is 0 Å². The van der Waals surface area contributed by atoms with Crippen molar-refractivity contribution in [1.82, 2.24) is 9.97 Å². The van der Waals surface area contributed by atoms with E-state index in [1.165, 1.54) is 0 Å². The summed E-state index contributed by atoms with van der Waals surface area (Å²) in [6.45, 7) is 0. The van der Waals surface area contributed by atoms with E-state index >= 15 is 0 Å². The van der Waals surface area contributed by atoms with E-state index in [1.54, 1.807) is 49.2 Å². The average Bonchev–Trinajstić information content (AvgIpc) is 2.63. The quantitative estimate of drug-likeness (QED) is 0.288. The molecule has 0 bridgehead atoms. The molecule has 0 fully saturated rings. The van der Waals surface area contributed by atoms with E-state index in [0.29, 0.717) is 10.7 Å². The predicted octanol–water partition coefficient (Wildman–Crippen LogP) is 6.90. The number of hydrogen-bond donors (Lipinski definition) is 0. The van der Waals surface area contributed by atoms with Gasteiger partial charge >= 0.3 is 0 Å². The standard InChI is InChI=1S/C11H11ClN2OS.C9H5BrClN/c1-16(2,15)14-8-3-4-11-9(7-8)10(12)5-6-13-11;10-6-1-2-9-7(5-6)8(11)3-4-12-9/h3-7H,1-2H3;1-5H. The van der Waals surface area contributed by atoms with Gasteiger partial charge in [0.25, 0.3) is 0 Å². The maximum atomic E-state index is 11.6. The molecule has 4 rings (SSSR count). The molecule has 0 atom stereocenters. The summed E-state index contributed by atoms with van der Waals surface area (Å²) in [5.74, 6) is 0. The van der Waals surface area contributed by atoms with Crippen LogP contribution in [0.15, 0.2) is 69.8 Å². The summed E-state index contributed by atoms with van der Waals surface area (Å²) < 4.78 is 16.7. The Labute approximate surface area is 182 Å². The van der Waals surface area contributed by atoms with Gasteiger partial charge in [0.05, 0.1) is 26.8 Å². The molecule has 28 heavy (non-hydrogen) atoms. The van der Waals surface area contributed by atoms with Crippen molar-refractivity contribution in [2.24, 2.45) is 4.36 Å². The molecule has 2 aromatic carbocycles. The zero-order chi connectivity index (χ0) is 20.3. The van der Waals surface area contributed by atoms with Crippen LogP contribution in [0.5, 0.6) is 0 Å². The Balaban J connectivity index is 0.000000167. The third kappa shape index (κ3) is 5.41. The summed E-state index contributed by atoms with van der Waals surface area (Å²) in [6, 6.07) is 14.8. The van der Waals surface area contributed by atoms with Crippen LogP contribution in [0.4, 0.5) is 5.69 Å². The van der Waals surface area contributed by atoms with Gasteiger partial charge in [-0.15, -0.1) is 0 Å². The summed E-state index contributed by atoms with van der Waals surface area (Å²) in [7, 11) is -2.15. The number of halogens is 3. The second-order valence-electron chi connectivity index (χ2n) is 6.22. The van der Waals surface area contributed by atoms with E-state index in [9.17, 15) is 4.21 Å². The maximum absolute atomic E-state index is 11.6. The zero-order valence-corrected chi connectivity index (χ0v) is 19.0. The second-order valence-corrected chi connectivity index (χ2v) is 10.5. The molecule has 0 radical (unpaired) electrons. The average molecular weight is 497 g/mol. The molecule has 0 saturated carbocycles. The molecular formula is C20H16BrCl2N3OS. The molecule has 0 aliphatic heterocycles. The molecular weight excluding hydrogens is 481 g/mol. The van der Waals surface area contributed by atoms with Crippen molar-refractivity contribution < 1.29 is 4.21 Å². The predicted molar refractivity (Wildman–Crippen MR) is 123 cm³/mol. The van der Waals surface area contributed by atoms with Gasteiger partial charge in [-0.2, -0.15) is 4.36 Å². The summed E-state index contributed by atoms with van der Waals surface area (Å²) in [4.78, 5) is 8.36. The van der Waals surface area contributed by atoms with E-state index < -0.39 is 9.73 Å². The van der Waals surface area contributed by atoms with Crippen LogP contribution in [-0.2, 0) is 9.73 Å². The third-order valence-corrected chi connectivity index (χ3v) is 5.45. The number of fused-ring (bicyclic) bond motifs is 2. The first kappa shape index (κ1) is 21.0. The van der Waals surface area contributed by atoms with Gasteiger partial charge in [-0.25, -0.2) is 4.21 Å². The number of pyridine rings is 2. The lowest BCUT2D eigenvalue weighted by atomic mass is 10.2. The van der Waals surface area contributed by atoms with Crippen LogP contribution >= 0.6 is 39.1 Å². The first-order valence-corrected chi connectivity index (χ1v) is 12.0. The minimum atomic E-state index is -2.15. The number of benzene rings is 2. The lowest BCUT2D eigenvalue weighted by molar-refractivity contribution is 0.684. The zero-order valence-electron chi connectivity index (χ0n) is 15.1. The van der Waals surface area contributed by atoms with Gasteiger partial charge in [0.1, 0.15) is 0 Å².